The Balaban J connectivity index is 1.74. The molecule has 1 unspecified atom stereocenters. The summed E-state index contributed by atoms with van der Waals surface area (Å²) in [5.74, 6) is 1.07. The van der Waals surface area contributed by atoms with E-state index in [1.54, 1.807) is 0 Å². The van der Waals surface area contributed by atoms with E-state index in [1.807, 2.05) is 43.3 Å². The molecule has 0 heterocycles. The molecule has 1 aliphatic rings. The largest absolute Gasteiger partial charge is 0.423 e. The lowest BCUT2D eigenvalue weighted by Gasteiger charge is -2.40. The first-order chi connectivity index (χ1) is 13.0. The summed E-state index contributed by atoms with van der Waals surface area (Å²) >= 11 is 0. The van der Waals surface area contributed by atoms with Crippen LogP contribution in [-0.2, 0) is 5.41 Å². The third-order valence-corrected chi connectivity index (χ3v) is 6.21. The highest BCUT2D eigenvalue weighted by Crippen LogP contribution is 2.44. The number of hydrogen-bond acceptors (Lipinski definition) is 2. The van der Waals surface area contributed by atoms with Gasteiger partial charge < -0.3 is 4.74 Å². The van der Waals surface area contributed by atoms with Crippen LogP contribution in [-0.4, -0.2) is 5.97 Å². The van der Waals surface area contributed by atoms with Crippen LogP contribution in [0.15, 0.2) is 48.5 Å². The SMILES string of the molecule is CCC(C)CC1(c2ccc(OC(=O)c3ccc(C)cc3)cc2)CCCCC1. The van der Waals surface area contributed by atoms with Gasteiger partial charge in [-0.2, -0.15) is 0 Å². The highest BCUT2D eigenvalue weighted by Gasteiger charge is 2.34. The van der Waals surface area contributed by atoms with Gasteiger partial charge in [0.2, 0.25) is 0 Å². The fraction of sp³-hybridized carbons (Fsp3) is 0.480. The molecule has 1 atom stereocenters. The predicted molar refractivity (Wildman–Crippen MR) is 111 cm³/mol. The molecule has 0 bridgehead atoms. The summed E-state index contributed by atoms with van der Waals surface area (Å²) in [6.07, 6.45) is 9.04. The van der Waals surface area contributed by atoms with Crippen LogP contribution in [0.4, 0.5) is 0 Å². The highest BCUT2D eigenvalue weighted by atomic mass is 16.5. The fourth-order valence-corrected chi connectivity index (χ4v) is 4.38. The summed E-state index contributed by atoms with van der Waals surface area (Å²) in [6.45, 7) is 6.66. The molecule has 0 aliphatic heterocycles. The molecule has 144 valence electrons. The minimum Gasteiger partial charge on any atom is -0.423 e. The van der Waals surface area contributed by atoms with E-state index in [4.69, 9.17) is 4.74 Å². The van der Waals surface area contributed by atoms with Gasteiger partial charge in [-0.25, -0.2) is 4.79 Å². The molecule has 0 aromatic heterocycles. The Labute approximate surface area is 164 Å². The molecule has 0 spiro atoms. The van der Waals surface area contributed by atoms with Gasteiger partial charge in [-0.3, -0.25) is 0 Å². The summed E-state index contributed by atoms with van der Waals surface area (Å²) in [4.78, 5) is 12.3. The molecule has 1 saturated carbocycles. The Bertz CT molecular complexity index is 737. The molecule has 2 nitrogen and oxygen atoms in total. The Morgan fingerprint density at radius 3 is 2.22 bits per heavy atom. The standard InChI is InChI=1S/C25H32O2/c1-4-19(2)18-25(16-6-5-7-17-25)22-12-14-23(15-13-22)27-24(26)21-10-8-20(3)9-11-21/h8-15,19H,4-7,16-18H2,1-3H3. The topological polar surface area (TPSA) is 26.3 Å². The van der Waals surface area contributed by atoms with Crippen LogP contribution in [0, 0.1) is 12.8 Å². The summed E-state index contributed by atoms with van der Waals surface area (Å²) in [5.41, 5.74) is 3.44. The van der Waals surface area contributed by atoms with Crippen molar-refractivity contribution in [1.29, 1.82) is 0 Å². The van der Waals surface area contributed by atoms with Crippen molar-refractivity contribution in [3.05, 3.63) is 65.2 Å². The molecule has 3 rings (SSSR count). The smallest absolute Gasteiger partial charge is 0.343 e. The van der Waals surface area contributed by atoms with Gasteiger partial charge in [-0.15, -0.1) is 0 Å². The van der Waals surface area contributed by atoms with E-state index >= 15 is 0 Å². The van der Waals surface area contributed by atoms with Gasteiger partial charge in [-0.1, -0.05) is 69.4 Å². The van der Waals surface area contributed by atoms with Gasteiger partial charge >= 0.3 is 5.97 Å². The van der Waals surface area contributed by atoms with Crippen molar-refractivity contribution in [2.75, 3.05) is 0 Å². The zero-order chi connectivity index (χ0) is 19.3. The Morgan fingerprint density at radius 2 is 1.63 bits per heavy atom. The summed E-state index contributed by atoms with van der Waals surface area (Å²) < 4.78 is 5.58. The lowest BCUT2D eigenvalue weighted by Crippen LogP contribution is -2.31. The third-order valence-electron chi connectivity index (χ3n) is 6.21. The van der Waals surface area contributed by atoms with Crippen LogP contribution >= 0.6 is 0 Å². The predicted octanol–water partition coefficient (Wildman–Crippen LogP) is 6.85. The normalized spacial score (nSPS) is 17.3. The van der Waals surface area contributed by atoms with Gasteiger partial charge in [-0.05, 0) is 67.3 Å². The molecule has 27 heavy (non-hydrogen) atoms. The lowest BCUT2D eigenvalue weighted by molar-refractivity contribution is 0.0734. The van der Waals surface area contributed by atoms with Crippen LogP contribution in [0.1, 0.15) is 80.3 Å². The summed E-state index contributed by atoms with van der Waals surface area (Å²) in [7, 11) is 0. The first-order valence-corrected chi connectivity index (χ1v) is 10.4. The maximum atomic E-state index is 12.3. The molecule has 0 radical (unpaired) electrons. The summed E-state index contributed by atoms with van der Waals surface area (Å²) in [5, 5.41) is 0. The second-order valence-corrected chi connectivity index (χ2v) is 8.34. The zero-order valence-corrected chi connectivity index (χ0v) is 17.0. The van der Waals surface area contributed by atoms with Crippen molar-refractivity contribution >= 4 is 5.97 Å². The number of esters is 1. The number of hydrogen-bond donors (Lipinski definition) is 0. The molecule has 1 aliphatic carbocycles. The van der Waals surface area contributed by atoms with Crippen LogP contribution in [0.25, 0.3) is 0 Å². The average molecular weight is 365 g/mol. The third kappa shape index (κ3) is 4.80. The minimum atomic E-state index is -0.297. The second-order valence-electron chi connectivity index (χ2n) is 8.34. The quantitative estimate of drug-likeness (QED) is 0.414. The number of benzene rings is 2. The second kappa shape index (κ2) is 8.73. The number of ether oxygens (including phenoxy) is 1. The van der Waals surface area contributed by atoms with Crippen LogP contribution in [0.3, 0.4) is 0 Å². The number of rotatable bonds is 6. The van der Waals surface area contributed by atoms with Gasteiger partial charge in [0.1, 0.15) is 5.75 Å². The molecular weight excluding hydrogens is 332 g/mol. The van der Waals surface area contributed by atoms with Gasteiger partial charge in [0.25, 0.3) is 0 Å². The van der Waals surface area contributed by atoms with Crippen molar-refractivity contribution in [1.82, 2.24) is 0 Å². The molecule has 1 fully saturated rings. The summed E-state index contributed by atoms with van der Waals surface area (Å²) in [6, 6.07) is 15.8. The maximum Gasteiger partial charge on any atom is 0.343 e. The van der Waals surface area contributed by atoms with E-state index in [0.717, 1.165) is 11.5 Å². The van der Waals surface area contributed by atoms with Gasteiger partial charge in [0, 0.05) is 0 Å². The monoisotopic (exact) mass is 364 g/mol. The van der Waals surface area contributed by atoms with Crippen molar-refractivity contribution in [3.63, 3.8) is 0 Å². The van der Waals surface area contributed by atoms with Crippen molar-refractivity contribution < 1.29 is 9.53 Å². The molecular formula is C25H32O2. The maximum absolute atomic E-state index is 12.3. The van der Waals surface area contributed by atoms with Gasteiger partial charge in [0.05, 0.1) is 5.56 Å². The van der Waals surface area contributed by atoms with Crippen molar-refractivity contribution in [2.45, 2.75) is 71.1 Å². The molecule has 2 aromatic carbocycles. The first-order valence-electron chi connectivity index (χ1n) is 10.4. The van der Waals surface area contributed by atoms with E-state index in [1.165, 1.54) is 50.5 Å². The molecule has 2 heteroatoms. The first kappa shape index (κ1) is 19.7. The number of carbonyl (C=O) groups is 1. The zero-order valence-electron chi connectivity index (χ0n) is 17.0. The molecule has 2 aromatic rings. The van der Waals surface area contributed by atoms with Crippen LogP contribution < -0.4 is 4.74 Å². The van der Waals surface area contributed by atoms with E-state index in [9.17, 15) is 4.79 Å². The molecule has 0 amide bonds. The lowest BCUT2D eigenvalue weighted by atomic mass is 9.65. The Morgan fingerprint density at radius 1 is 1.00 bits per heavy atom. The highest BCUT2D eigenvalue weighted by molar-refractivity contribution is 5.91. The van der Waals surface area contributed by atoms with E-state index in [-0.39, 0.29) is 5.97 Å². The van der Waals surface area contributed by atoms with Gasteiger partial charge in [0.15, 0.2) is 0 Å². The molecule has 0 saturated heterocycles. The average Bonchev–Trinajstić information content (AvgIpc) is 2.69. The van der Waals surface area contributed by atoms with Crippen LogP contribution in [0.2, 0.25) is 0 Å². The minimum absolute atomic E-state index is 0.297. The van der Waals surface area contributed by atoms with Crippen LogP contribution in [0.5, 0.6) is 5.75 Å². The number of carbonyl (C=O) groups excluding carboxylic acids is 1. The van der Waals surface area contributed by atoms with Crippen molar-refractivity contribution in [3.8, 4) is 5.75 Å². The fourth-order valence-electron chi connectivity index (χ4n) is 4.38. The van der Waals surface area contributed by atoms with Crippen molar-refractivity contribution in [2.24, 2.45) is 5.92 Å². The van der Waals surface area contributed by atoms with E-state index in [2.05, 4.69) is 26.0 Å². The van der Waals surface area contributed by atoms with E-state index in [0.29, 0.717) is 16.7 Å². The number of aryl methyl sites for hydroxylation is 1. The Kier molecular flexibility index (Phi) is 6.36. The van der Waals surface area contributed by atoms with E-state index < -0.39 is 0 Å². The molecule has 0 N–H and O–H groups in total. The Hall–Kier alpha value is -2.09.